The van der Waals surface area contributed by atoms with Gasteiger partial charge in [0, 0.05) is 32.8 Å². The Kier molecular flexibility index (Phi) is 5.09. The smallest absolute Gasteiger partial charge is 0.368 e. The zero-order chi connectivity index (χ0) is 19.7. The summed E-state index contributed by atoms with van der Waals surface area (Å²) in [4.78, 5) is 16.3. The molecule has 4 rings (SSSR count). The Labute approximate surface area is 159 Å². The molecule has 1 atom stereocenters. The number of hydrogen-bond acceptors (Lipinski definition) is 6. The molecule has 2 fully saturated rings. The molecule has 1 amide bonds. The summed E-state index contributed by atoms with van der Waals surface area (Å²) in [6, 6.07) is 3.10. The maximum atomic E-state index is 13.1. The van der Waals surface area contributed by atoms with Crippen molar-refractivity contribution in [2.75, 3.05) is 37.7 Å². The van der Waals surface area contributed by atoms with Gasteiger partial charge in [0.1, 0.15) is 11.9 Å². The van der Waals surface area contributed by atoms with Gasteiger partial charge < -0.3 is 14.5 Å². The summed E-state index contributed by atoms with van der Waals surface area (Å²) in [6.07, 6.45) is -1.60. The number of carbonyl (C=O) groups excluding carboxylic acids is 1. The normalized spacial score (nSPS) is 21.8. The number of hydrogen-bond donors (Lipinski definition) is 0. The monoisotopic (exact) mass is 398 g/mol. The van der Waals surface area contributed by atoms with Gasteiger partial charge >= 0.3 is 6.18 Å². The van der Waals surface area contributed by atoms with E-state index in [4.69, 9.17) is 4.74 Å². The zero-order valence-electron chi connectivity index (χ0n) is 15.2. The second kappa shape index (κ2) is 7.53. The van der Waals surface area contributed by atoms with Crippen molar-refractivity contribution < 1.29 is 22.7 Å². The van der Waals surface area contributed by atoms with Gasteiger partial charge in [-0.2, -0.15) is 17.7 Å². The highest BCUT2D eigenvalue weighted by molar-refractivity contribution is 5.81. The summed E-state index contributed by atoms with van der Waals surface area (Å²) in [6.45, 7) is 2.77. The van der Waals surface area contributed by atoms with Crippen LogP contribution in [-0.2, 0) is 15.7 Å². The lowest BCUT2D eigenvalue weighted by Gasteiger charge is -2.28. The fourth-order valence-electron chi connectivity index (χ4n) is 3.63. The Morgan fingerprint density at radius 3 is 2.68 bits per heavy atom. The first kappa shape index (κ1) is 18.9. The molecule has 0 saturated carbocycles. The van der Waals surface area contributed by atoms with Crippen molar-refractivity contribution in [2.24, 2.45) is 0 Å². The SMILES string of the molecule is O=C(C1CCCCO1)N1CCCN(c2ccc3nnc(C(F)(F)F)n3n2)CC1. The molecule has 2 aromatic rings. The Hall–Kier alpha value is -2.43. The van der Waals surface area contributed by atoms with Crippen molar-refractivity contribution >= 4 is 17.4 Å². The molecule has 2 aliphatic rings. The van der Waals surface area contributed by atoms with Crippen LogP contribution >= 0.6 is 0 Å². The molecule has 0 aromatic carbocycles. The largest absolute Gasteiger partial charge is 0.453 e. The zero-order valence-corrected chi connectivity index (χ0v) is 15.2. The van der Waals surface area contributed by atoms with E-state index in [1.807, 2.05) is 4.90 Å². The molecule has 152 valence electrons. The summed E-state index contributed by atoms with van der Waals surface area (Å²) >= 11 is 0. The third kappa shape index (κ3) is 3.75. The van der Waals surface area contributed by atoms with Crippen LogP contribution in [0.1, 0.15) is 31.5 Å². The van der Waals surface area contributed by atoms with Gasteiger partial charge in [-0.15, -0.1) is 15.3 Å². The molecule has 0 bridgehead atoms. The van der Waals surface area contributed by atoms with E-state index < -0.39 is 12.0 Å². The van der Waals surface area contributed by atoms with Gasteiger partial charge in [0.05, 0.1) is 0 Å². The number of fused-ring (bicyclic) bond motifs is 1. The van der Waals surface area contributed by atoms with Crippen LogP contribution in [0, 0.1) is 0 Å². The summed E-state index contributed by atoms with van der Waals surface area (Å²) < 4.78 is 45.5. The van der Waals surface area contributed by atoms with E-state index in [-0.39, 0.29) is 17.7 Å². The lowest BCUT2D eigenvalue weighted by atomic mass is 10.1. The molecule has 0 N–H and O–H groups in total. The standard InChI is InChI=1S/C17H21F3N6O2/c18-17(19,20)16-22-21-13-5-6-14(23-26(13)16)24-7-3-8-25(10-9-24)15(27)12-4-1-2-11-28-12/h5-6,12H,1-4,7-11H2. The third-order valence-corrected chi connectivity index (χ3v) is 5.09. The van der Waals surface area contributed by atoms with Gasteiger partial charge in [0.15, 0.2) is 5.65 Å². The van der Waals surface area contributed by atoms with Crippen molar-refractivity contribution in [3.63, 3.8) is 0 Å². The minimum Gasteiger partial charge on any atom is -0.368 e. The Morgan fingerprint density at radius 2 is 1.93 bits per heavy atom. The molecule has 0 aliphatic carbocycles. The highest BCUT2D eigenvalue weighted by Gasteiger charge is 2.38. The van der Waals surface area contributed by atoms with Crippen LogP contribution in [0.15, 0.2) is 12.1 Å². The van der Waals surface area contributed by atoms with Crippen LogP contribution < -0.4 is 4.90 Å². The minimum absolute atomic E-state index is 0.00290. The Morgan fingerprint density at radius 1 is 1.07 bits per heavy atom. The van der Waals surface area contributed by atoms with E-state index in [1.165, 1.54) is 6.07 Å². The number of alkyl halides is 3. The molecule has 11 heteroatoms. The molecule has 4 heterocycles. The van der Waals surface area contributed by atoms with Crippen LogP contribution in [0.3, 0.4) is 0 Å². The van der Waals surface area contributed by atoms with Gasteiger partial charge in [-0.3, -0.25) is 4.79 Å². The van der Waals surface area contributed by atoms with Gasteiger partial charge in [-0.25, -0.2) is 0 Å². The van der Waals surface area contributed by atoms with Gasteiger partial charge in [0.25, 0.3) is 11.7 Å². The predicted octanol–water partition coefficient (Wildman–Crippen LogP) is 1.75. The molecule has 2 aliphatic heterocycles. The van der Waals surface area contributed by atoms with Crippen molar-refractivity contribution in [3.8, 4) is 0 Å². The third-order valence-electron chi connectivity index (χ3n) is 5.09. The predicted molar refractivity (Wildman–Crippen MR) is 92.8 cm³/mol. The average molecular weight is 398 g/mol. The molecular weight excluding hydrogens is 377 g/mol. The van der Waals surface area contributed by atoms with Crippen molar-refractivity contribution in [2.45, 2.75) is 38.0 Å². The fourth-order valence-corrected chi connectivity index (χ4v) is 3.63. The summed E-state index contributed by atoms with van der Waals surface area (Å²) in [7, 11) is 0. The minimum atomic E-state index is -4.63. The second-order valence-corrected chi connectivity index (χ2v) is 7.00. The molecule has 2 aromatic heterocycles. The molecule has 0 radical (unpaired) electrons. The van der Waals surface area contributed by atoms with Crippen LogP contribution in [0.25, 0.3) is 5.65 Å². The lowest BCUT2D eigenvalue weighted by molar-refractivity contribution is -0.147. The number of nitrogens with zero attached hydrogens (tertiary/aromatic N) is 6. The number of halogens is 3. The van der Waals surface area contributed by atoms with Gasteiger partial charge in [-0.05, 0) is 37.8 Å². The molecule has 2 saturated heterocycles. The fraction of sp³-hybridized carbons (Fsp3) is 0.647. The summed E-state index contributed by atoms with van der Waals surface area (Å²) in [5.41, 5.74) is 0.0390. The lowest BCUT2D eigenvalue weighted by Crippen LogP contribution is -2.43. The maximum Gasteiger partial charge on any atom is 0.453 e. The second-order valence-electron chi connectivity index (χ2n) is 7.00. The van der Waals surface area contributed by atoms with Crippen LogP contribution in [0.5, 0.6) is 0 Å². The van der Waals surface area contributed by atoms with E-state index >= 15 is 0 Å². The molecule has 0 spiro atoms. The van der Waals surface area contributed by atoms with Crippen molar-refractivity contribution in [1.82, 2.24) is 24.7 Å². The van der Waals surface area contributed by atoms with Gasteiger partial charge in [-0.1, -0.05) is 0 Å². The summed E-state index contributed by atoms with van der Waals surface area (Å²) in [5, 5.41) is 10.8. The Balaban J connectivity index is 1.49. The molecule has 8 nitrogen and oxygen atoms in total. The number of ether oxygens (including phenoxy) is 1. The highest BCUT2D eigenvalue weighted by atomic mass is 19.4. The van der Waals surface area contributed by atoms with Crippen molar-refractivity contribution in [3.05, 3.63) is 18.0 Å². The Bertz CT molecular complexity index is 849. The van der Waals surface area contributed by atoms with E-state index in [1.54, 1.807) is 11.0 Å². The first-order chi connectivity index (χ1) is 13.4. The van der Waals surface area contributed by atoms with Crippen LogP contribution in [0.2, 0.25) is 0 Å². The quantitative estimate of drug-likeness (QED) is 0.767. The molecule has 1 unspecified atom stereocenters. The topological polar surface area (TPSA) is 75.9 Å². The number of anilines is 1. The van der Waals surface area contributed by atoms with Crippen molar-refractivity contribution in [1.29, 1.82) is 0 Å². The van der Waals surface area contributed by atoms with E-state index in [2.05, 4.69) is 15.3 Å². The van der Waals surface area contributed by atoms with E-state index in [0.717, 1.165) is 23.8 Å². The number of carbonyl (C=O) groups is 1. The number of amides is 1. The van der Waals surface area contributed by atoms with E-state index in [9.17, 15) is 18.0 Å². The van der Waals surface area contributed by atoms with E-state index in [0.29, 0.717) is 45.0 Å². The first-order valence-corrected chi connectivity index (χ1v) is 9.38. The number of aromatic nitrogens is 4. The highest BCUT2D eigenvalue weighted by Crippen LogP contribution is 2.28. The number of rotatable bonds is 2. The molecule has 28 heavy (non-hydrogen) atoms. The molecular formula is C17H21F3N6O2. The maximum absolute atomic E-state index is 13.1. The van der Waals surface area contributed by atoms with Gasteiger partial charge in [0.2, 0.25) is 0 Å². The van der Waals surface area contributed by atoms with Crippen LogP contribution in [0.4, 0.5) is 19.0 Å². The average Bonchev–Trinajstić information content (AvgIpc) is 2.97. The summed E-state index contributed by atoms with van der Waals surface area (Å²) in [5.74, 6) is -0.741. The first-order valence-electron chi connectivity index (χ1n) is 9.38. The van der Waals surface area contributed by atoms with Crippen LogP contribution in [-0.4, -0.2) is 69.5 Å².